The lowest BCUT2D eigenvalue weighted by Gasteiger charge is -2.39. The Labute approximate surface area is 286 Å². The Morgan fingerprint density at radius 1 is 0.660 bits per heavy atom. The summed E-state index contributed by atoms with van der Waals surface area (Å²) in [6.45, 7) is 4.53. The molecule has 9 heteroatoms. The van der Waals surface area contributed by atoms with Gasteiger partial charge in [0, 0.05) is 13.0 Å². The number of hydrogen-bond acceptors (Lipinski definition) is 9. The summed E-state index contributed by atoms with van der Waals surface area (Å²) in [5.74, 6) is -0.322. The minimum Gasteiger partial charge on any atom is -0.457 e. The Kier molecular flexibility index (Phi) is 28.9. The fraction of sp³-hybridized carbons (Fsp3) is 0.921. The number of carbonyl (C=O) groups excluding carboxylic acids is 1. The van der Waals surface area contributed by atoms with Crippen molar-refractivity contribution < 1.29 is 44.2 Å². The molecule has 0 aromatic carbocycles. The van der Waals surface area contributed by atoms with Crippen LogP contribution in [0.15, 0.2) is 12.2 Å². The third-order valence-electron chi connectivity index (χ3n) is 8.93. The highest BCUT2D eigenvalue weighted by Gasteiger charge is 2.44. The summed E-state index contributed by atoms with van der Waals surface area (Å²) in [7, 11) is 0. The van der Waals surface area contributed by atoms with E-state index in [0.29, 0.717) is 13.0 Å². The van der Waals surface area contributed by atoms with Crippen molar-refractivity contribution in [1.82, 2.24) is 0 Å². The Balaban J connectivity index is 2.33. The number of aliphatic hydroxyl groups excluding tert-OH is 4. The predicted molar refractivity (Wildman–Crippen MR) is 187 cm³/mol. The first-order chi connectivity index (χ1) is 22.9. The second kappa shape index (κ2) is 30.9. The van der Waals surface area contributed by atoms with Gasteiger partial charge < -0.3 is 39.4 Å². The van der Waals surface area contributed by atoms with Crippen molar-refractivity contribution in [2.75, 3.05) is 26.4 Å². The lowest BCUT2D eigenvalue weighted by Crippen LogP contribution is -2.59. The molecule has 1 rings (SSSR count). The zero-order chi connectivity index (χ0) is 34.4. The number of esters is 1. The van der Waals surface area contributed by atoms with Gasteiger partial charge in [0.05, 0.1) is 19.8 Å². The molecule has 1 heterocycles. The molecular weight excluding hydrogens is 600 g/mol. The van der Waals surface area contributed by atoms with Crippen molar-refractivity contribution in [2.24, 2.45) is 0 Å². The average Bonchev–Trinajstić information content (AvgIpc) is 3.07. The highest BCUT2D eigenvalue weighted by molar-refractivity contribution is 5.69. The van der Waals surface area contributed by atoms with E-state index in [1.807, 2.05) is 0 Å². The monoisotopic (exact) mass is 673 g/mol. The van der Waals surface area contributed by atoms with Crippen molar-refractivity contribution in [1.29, 1.82) is 0 Å². The van der Waals surface area contributed by atoms with Crippen LogP contribution in [0.5, 0.6) is 0 Å². The normalized spacial score (nSPS) is 22.2. The molecule has 0 bridgehead atoms. The summed E-state index contributed by atoms with van der Waals surface area (Å²) < 4.78 is 22.7. The Morgan fingerprint density at radius 3 is 1.72 bits per heavy atom. The van der Waals surface area contributed by atoms with Crippen LogP contribution < -0.4 is 0 Å². The molecule has 0 aromatic heterocycles. The smallest absolute Gasteiger partial charge is 0.306 e. The maximum Gasteiger partial charge on any atom is 0.306 e. The number of allylic oxidation sites excluding steroid dienone is 2. The molecule has 9 nitrogen and oxygen atoms in total. The number of unbranched alkanes of at least 4 members (excludes halogenated alkanes) is 19. The molecule has 0 aromatic rings. The van der Waals surface area contributed by atoms with Crippen LogP contribution in [0.4, 0.5) is 0 Å². The van der Waals surface area contributed by atoms with E-state index in [-0.39, 0.29) is 19.2 Å². The molecule has 47 heavy (non-hydrogen) atoms. The highest BCUT2D eigenvalue weighted by atomic mass is 16.7. The first-order valence-electron chi connectivity index (χ1n) is 19.3. The van der Waals surface area contributed by atoms with Crippen LogP contribution in [0.25, 0.3) is 0 Å². The number of rotatable bonds is 32. The predicted octanol–water partition coefficient (Wildman–Crippen LogP) is 7.30. The van der Waals surface area contributed by atoms with Crippen molar-refractivity contribution >= 4 is 5.97 Å². The van der Waals surface area contributed by atoms with Crippen LogP contribution >= 0.6 is 0 Å². The molecule has 0 aliphatic carbocycles. The van der Waals surface area contributed by atoms with Crippen molar-refractivity contribution in [2.45, 2.75) is 198 Å². The third kappa shape index (κ3) is 23.1. The van der Waals surface area contributed by atoms with Crippen LogP contribution in [0, 0.1) is 0 Å². The topological polar surface area (TPSA) is 135 Å². The molecule has 1 fully saturated rings. The zero-order valence-corrected chi connectivity index (χ0v) is 30.0. The summed E-state index contributed by atoms with van der Waals surface area (Å²) in [5, 5.41) is 39.9. The third-order valence-corrected chi connectivity index (χ3v) is 8.93. The molecule has 0 saturated carbocycles. The maximum absolute atomic E-state index is 12.7. The summed E-state index contributed by atoms with van der Waals surface area (Å²) in [4.78, 5) is 12.7. The second-order valence-corrected chi connectivity index (χ2v) is 13.4. The minimum atomic E-state index is -1.53. The van der Waals surface area contributed by atoms with Crippen LogP contribution in [0.1, 0.15) is 162 Å². The summed E-state index contributed by atoms with van der Waals surface area (Å²) in [6, 6.07) is 0. The summed E-state index contributed by atoms with van der Waals surface area (Å²) >= 11 is 0. The van der Waals surface area contributed by atoms with E-state index in [2.05, 4.69) is 26.0 Å². The molecule has 1 aliphatic rings. The lowest BCUT2D eigenvalue weighted by atomic mass is 9.99. The summed E-state index contributed by atoms with van der Waals surface area (Å²) in [6.07, 6.45) is 23.7. The maximum atomic E-state index is 12.7. The van der Waals surface area contributed by atoms with Crippen molar-refractivity contribution in [3.63, 3.8) is 0 Å². The average molecular weight is 673 g/mol. The molecule has 1 saturated heterocycles. The number of hydrogen-bond donors (Lipinski definition) is 4. The van der Waals surface area contributed by atoms with E-state index >= 15 is 0 Å². The van der Waals surface area contributed by atoms with Crippen LogP contribution in [-0.4, -0.2) is 89.6 Å². The second-order valence-electron chi connectivity index (χ2n) is 13.4. The zero-order valence-electron chi connectivity index (χ0n) is 30.0. The van der Waals surface area contributed by atoms with E-state index in [1.165, 1.54) is 96.3 Å². The summed E-state index contributed by atoms with van der Waals surface area (Å²) in [5.41, 5.74) is 0. The number of ether oxygens (including phenoxy) is 4. The van der Waals surface area contributed by atoms with Crippen LogP contribution in [-0.2, 0) is 23.7 Å². The minimum absolute atomic E-state index is 0.112. The van der Waals surface area contributed by atoms with Crippen LogP contribution in [0.3, 0.4) is 0 Å². The van der Waals surface area contributed by atoms with Gasteiger partial charge in [-0.1, -0.05) is 129 Å². The van der Waals surface area contributed by atoms with Gasteiger partial charge in [0.25, 0.3) is 0 Å². The first-order valence-corrected chi connectivity index (χ1v) is 19.3. The van der Waals surface area contributed by atoms with E-state index < -0.39 is 43.4 Å². The van der Waals surface area contributed by atoms with E-state index in [9.17, 15) is 25.2 Å². The molecular formula is C38H72O9. The lowest BCUT2D eigenvalue weighted by molar-refractivity contribution is -0.305. The number of carbonyl (C=O) groups is 1. The van der Waals surface area contributed by atoms with Gasteiger partial charge in [0.15, 0.2) is 6.29 Å². The van der Waals surface area contributed by atoms with Gasteiger partial charge in [-0.3, -0.25) is 4.79 Å². The quantitative estimate of drug-likeness (QED) is 0.0330. The van der Waals surface area contributed by atoms with Crippen LogP contribution in [0.2, 0.25) is 0 Å². The SMILES string of the molecule is CCCCCCC/C=C\CCCCCCCC(=O)OC(COCCCCCCCCCCCC)COC1OC(CO)C(O)C(O)C1O. The molecule has 278 valence electrons. The first kappa shape index (κ1) is 44.0. The Bertz CT molecular complexity index is 732. The molecule has 6 atom stereocenters. The van der Waals surface area contributed by atoms with Gasteiger partial charge in [-0.15, -0.1) is 0 Å². The molecule has 4 N–H and O–H groups in total. The highest BCUT2D eigenvalue weighted by Crippen LogP contribution is 2.22. The Hall–Kier alpha value is -1.07. The van der Waals surface area contributed by atoms with Crippen molar-refractivity contribution in [3.8, 4) is 0 Å². The van der Waals surface area contributed by atoms with Gasteiger partial charge in [0.2, 0.25) is 0 Å². The van der Waals surface area contributed by atoms with Gasteiger partial charge in [0.1, 0.15) is 30.5 Å². The molecule has 1 aliphatic heterocycles. The molecule has 0 amide bonds. The van der Waals surface area contributed by atoms with E-state index in [0.717, 1.165) is 44.9 Å². The largest absolute Gasteiger partial charge is 0.457 e. The standard InChI is InChI=1S/C38H72O9/c1-3-5-7-9-11-13-15-16-17-18-19-21-23-25-27-34(40)46-32(30-44-28-26-24-22-20-14-12-10-8-6-4-2)31-45-38-37(43)36(42)35(41)33(29-39)47-38/h15-16,32-33,35-39,41-43H,3-14,17-31H2,1-2H3/b16-15-. The fourth-order valence-electron chi connectivity index (χ4n) is 5.84. The fourth-order valence-corrected chi connectivity index (χ4v) is 5.84. The van der Waals surface area contributed by atoms with Gasteiger partial charge in [-0.2, -0.15) is 0 Å². The molecule has 0 spiro atoms. The molecule has 6 unspecified atom stereocenters. The number of aliphatic hydroxyl groups is 4. The van der Waals surface area contributed by atoms with Gasteiger partial charge in [-0.05, 0) is 38.5 Å². The van der Waals surface area contributed by atoms with Crippen molar-refractivity contribution in [3.05, 3.63) is 12.2 Å². The molecule has 0 radical (unpaired) electrons. The van der Waals surface area contributed by atoms with E-state index in [1.54, 1.807) is 0 Å². The van der Waals surface area contributed by atoms with Gasteiger partial charge in [-0.25, -0.2) is 0 Å². The Morgan fingerprint density at radius 2 is 1.17 bits per heavy atom. The van der Waals surface area contributed by atoms with Gasteiger partial charge >= 0.3 is 5.97 Å². The van der Waals surface area contributed by atoms with E-state index in [4.69, 9.17) is 18.9 Å².